The Morgan fingerprint density at radius 2 is 2.00 bits per heavy atom. The van der Waals surface area contributed by atoms with Gasteiger partial charge in [-0.3, -0.25) is 19.6 Å². The van der Waals surface area contributed by atoms with Gasteiger partial charge in [-0.2, -0.15) is 5.10 Å². The molecule has 19 heavy (non-hydrogen) atoms. The maximum absolute atomic E-state index is 11.6. The van der Waals surface area contributed by atoms with E-state index in [1.54, 1.807) is 0 Å². The predicted molar refractivity (Wildman–Crippen MR) is 67.0 cm³/mol. The molecule has 0 saturated carbocycles. The minimum absolute atomic E-state index is 0.184. The van der Waals surface area contributed by atoms with Crippen LogP contribution in [0, 0.1) is 0 Å². The molecule has 1 amide bonds. The molecule has 0 aliphatic heterocycles. The lowest BCUT2D eigenvalue weighted by atomic mass is 10.3. The highest BCUT2D eigenvalue weighted by atomic mass is 16.2. The van der Waals surface area contributed by atoms with E-state index in [9.17, 15) is 14.4 Å². The summed E-state index contributed by atoms with van der Waals surface area (Å²) in [5.41, 5.74) is 1.64. The zero-order chi connectivity index (χ0) is 13.7. The van der Waals surface area contributed by atoms with Crippen LogP contribution in [0.15, 0.2) is 45.3 Å². The number of aromatic amines is 2. The summed E-state index contributed by atoms with van der Waals surface area (Å²) in [4.78, 5) is 41.7. The molecule has 0 aromatic carbocycles. The zero-order valence-electron chi connectivity index (χ0n) is 9.58. The van der Waals surface area contributed by atoms with E-state index in [-0.39, 0.29) is 5.69 Å². The molecule has 0 saturated heterocycles. The molecular formula is C11H9N5O3. The fourth-order valence-electron chi connectivity index (χ4n) is 1.29. The predicted octanol–water partition coefficient (Wildman–Crippen LogP) is -0.778. The Kier molecular flexibility index (Phi) is 3.62. The van der Waals surface area contributed by atoms with Crippen molar-refractivity contribution in [2.24, 2.45) is 5.10 Å². The highest BCUT2D eigenvalue weighted by molar-refractivity contribution is 5.94. The Labute approximate surface area is 106 Å². The second-order valence-corrected chi connectivity index (χ2v) is 3.48. The van der Waals surface area contributed by atoms with E-state index < -0.39 is 17.2 Å². The summed E-state index contributed by atoms with van der Waals surface area (Å²) in [6.07, 6.45) is 4.12. The van der Waals surface area contributed by atoms with Crippen molar-refractivity contribution in [1.82, 2.24) is 20.4 Å². The molecule has 0 aliphatic rings. The van der Waals surface area contributed by atoms with Crippen LogP contribution in [-0.4, -0.2) is 27.1 Å². The number of aromatic nitrogens is 3. The highest BCUT2D eigenvalue weighted by Gasteiger charge is 2.01. The molecule has 96 valence electrons. The van der Waals surface area contributed by atoms with Crippen molar-refractivity contribution in [3.05, 3.63) is 62.7 Å². The average Bonchev–Trinajstić information content (AvgIpc) is 2.38. The highest BCUT2D eigenvalue weighted by Crippen LogP contribution is 1.94. The Balaban J connectivity index is 2.06. The van der Waals surface area contributed by atoms with Gasteiger partial charge >= 0.3 is 5.69 Å². The van der Waals surface area contributed by atoms with Crippen molar-refractivity contribution < 1.29 is 4.79 Å². The standard InChI is InChI=1S/C11H9N5O3/c17-9-5-8(14-11(19)15-9)6-13-16-10(18)7-1-3-12-4-2-7/h1-6H,(H,16,18)(H2,14,15,17,19). The summed E-state index contributed by atoms with van der Waals surface area (Å²) in [5.74, 6) is -0.425. The van der Waals surface area contributed by atoms with Crippen molar-refractivity contribution in [2.45, 2.75) is 0 Å². The molecule has 2 heterocycles. The van der Waals surface area contributed by atoms with Gasteiger partial charge in [-0.05, 0) is 12.1 Å². The molecule has 2 rings (SSSR count). The van der Waals surface area contributed by atoms with Gasteiger partial charge in [0, 0.05) is 24.0 Å². The molecule has 2 aromatic heterocycles. The number of hydrazone groups is 1. The Morgan fingerprint density at radius 1 is 1.26 bits per heavy atom. The average molecular weight is 259 g/mol. The van der Waals surface area contributed by atoms with Crippen molar-refractivity contribution in [2.75, 3.05) is 0 Å². The Morgan fingerprint density at radius 3 is 2.68 bits per heavy atom. The first kappa shape index (κ1) is 12.4. The first-order chi connectivity index (χ1) is 9.15. The van der Waals surface area contributed by atoms with E-state index in [0.717, 1.165) is 12.3 Å². The SMILES string of the molecule is O=C(NN=Cc1cc(=O)[nH]c(=O)[nH]1)c1ccncc1. The minimum atomic E-state index is -0.644. The summed E-state index contributed by atoms with van der Waals surface area (Å²) < 4.78 is 0. The second kappa shape index (κ2) is 5.54. The van der Waals surface area contributed by atoms with Gasteiger partial charge in [0.1, 0.15) is 0 Å². The van der Waals surface area contributed by atoms with E-state index in [0.29, 0.717) is 5.56 Å². The molecule has 0 unspecified atom stereocenters. The maximum atomic E-state index is 11.6. The van der Waals surface area contributed by atoms with Crippen molar-refractivity contribution in [1.29, 1.82) is 0 Å². The first-order valence-electron chi connectivity index (χ1n) is 5.22. The number of nitrogens with zero attached hydrogens (tertiary/aromatic N) is 2. The number of nitrogens with one attached hydrogen (secondary N) is 3. The molecule has 8 nitrogen and oxygen atoms in total. The largest absolute Gasteiger partial charge is 0.326 e. The van der Waals surface area contributed by atoms with Gasteiger partial charge < -0.3 is 4.98 Å². The van der Waals surface area contributed by atoms with E-state index in [1.165, 1.54) is 24.5 Å². The molecule has 3 N–H and O–H groups in total. The summed E-state index contributed by atoms with van der Waals surface area (Å²) >= 11 is 0. The lowest BCUT2D eigenvalue weighted by Gasteiger charge is -1.98. The van der Waals surface area contributed by atoms with E-state index in [4.69, 9.17) is 0 Å². The van der Waals surface area contributed by atoms with Gasteiger partial charge in [0.05, 0.1) is 11.9 Å². The van der Waals surface area contributed by atoms with Crippen LogP contribution in [0.3, 0.4) is 0 Å². The molecule has 0 radical (unpaired) electrons. The number of pyridine rings is 1. The molecule has 0 aliphatic carbocycles. The smallest absolute Gasteiger partial charge is 0.306 e. The molecule has 0 atom stereocenters. The topological polar surface area (TPSA) is 120 Å². The monoisotopic (exact) mass is 259 g/mol. The van der Waals surface area contributed by atoms with E-state index >= 15 is 0 Å². The number of hydrogen-bond donors (Lipinski definition) is 3. The molecule has 2 aromatic rings. The Hall–Kier alpha value is -3.03. The second-order valence-electron chi connectivity index (χ2n) is 3.48. The number of hydrogen-bond acceptors (Lipinski definition) is 5. The van der Waals surface area contributed by atoms with Crippen molar-refractivity contribution in [3.8, 4) is 0 Å². The van der Waals surface area contributed by atoms with Crippen LogP contribution in [0.25, 0.3) is 0 Å². The summed E-state index contributed by atoms with van der Waals surface area (Å²) in [7, 11) is 0. The van der Waals surface area contributed by atoms with Gasteiger partial charge in [-0.1, -0.05) is 0 Å². The first-order valence-corrected chi connectivity index (χ1v) is 5.22. The van der Waals surface area contributed by atoms with Gasteiger partial charge in [0.2, 0.25) is 0 Å². The number of carbonyl (C=O) groups excluding carboxylic acids is 1. The van der Waals surface area contributed by atoms with Crippen LogP contribution in [0.2, 0.25) is 0 Å². The molecule has 0 spiro atoms. The van der Waals surface area contributed by atoms with Crippen LogP contribution in [0.4, 0.5) is 0 Å². The van der Waals surface area contributed by atoms with Crippen molar-refractivity contribution >= 4 is 12.1 Å². The Bertz CT molecular complexity index is 689. The van der Waals surface area contributed by atoms with E-state index in [2.05, 4.69) is 20.5 Å². The number of H-pyrrole nitrogens is 2. The van der Waals surface area contributed by atoms with Crippen LogP contribution in [0.5, 0.6) is 0 Å². The van der Waals surface area contributed by atoms with Gasteiger partial charge in [-0.15, -0.1) is 0 Å². The van der Waals surface area contributed by atoms with E-state index in [1.807, 2.05) is 4.98 Å². The van der Waals surface area contributed by atoms with Gasteiger partial charge in [-0.25, -0.2) is 10.2 Å². The third-order valence-electron chi connectivity index (χ3n) is 2.09. The zero-order valence-corrected chi connectivity index (χ0v) is 9.58. The summed E-state index contributed by atoms with van der Waals surface area (Å²) in [6, 6.07) is 4.20. The third-order valence-corrected chi connectivity index (χ3v) is 2.09. The maximum Gasteiger partial charge on any atom is 0.326 e. The fraction of sp³-hybridized carbons (Fsp3) is 0. The fourth-order valence-corrected chi connectivity index (χ4v) is 1.29. The minimum Gasteiger partial charge on any atom is -0.306 e. The summed E-state index contributed by atoms with van der Waals surface area (Å²) in [6.45, 7) is 0. The lowest BCUT2D eigenvalue weighted by molar-refractivity contribution is 0.0955. The quantitative estimate of drug-likeness (QED) is 0.494. The normalized spacial score (nSPS) is 10.5. The molecular weight excluding hydrogens is 250 g/mol. The summed E-state index contributed by atoms with van der Waals surface area (Å²) in [5, 5.41) is 3.63. The molecule has 0 bridgehead atoms. The molecule has 8 heteroatoms. The lowest BCUT2D eigenvalue weighted by Crippen LogP contribution is -2.23. The van der Waals surface area contributed by atoms with Gasteiger partial charge in [0.25, 0.3) is 11.5 Å². The molecule has 0 fully saturated rings. The number of amides is 1. The van der Waals surface area contributed by atoms with Gasteiger partial charge in [0.15, 0.2) is 0 Å². The van der Waals surface area contributed by atoms with Crippen LogP contribution in [-0.2, 0) is 0 Å². The van der Waals surface area contributed by atoms with Crippen LogP contribution >= 0.6 is 0 Å². The van der Waals surface area contributed by atoms with Crippen LogP contribution in [0.1, 0.15) is 16.1 Å². The van der Waals surface area contributed by atoms with Crippen LogP contribution < -0.4 is 16.7 Å². The van der Waals surface area contributed by atoms with Crippen molar-refractivity contribution in [3.63, 3.8) is 0 Å². The number of rotatable bonds is 3. The third kappa shape index (κ3) is 3.46. The number of carbonyl (C=O) groups is 1.